The van der Waals surface area contributed by atoms with Crippen molar-refractivity contribution in [3.63, 3.8) is 0 Å². The molecule has 0 aliphatic rings. The topological polar surface area (TPSA) is 79.6 Å². The molecular formula is C33H26IrN2O4-2. The van der Waals surface area contributed by atoms with Crippen LogP contribution in [0, 0.1) is 6.07 Å². The Morgan fingerprint density at radius 3 is 2.45 bits per heavy atom. The number of fused-ring (bicyclic) bond motifs is 1. The number of carbonyl (C=O) groups is 2. The van der Waals surface area contributed by atoms with Crippen LogP contribution in [0.15, 0.2) is 123 Å². The van der Waals surface area contributed by atoms with E-state index in [0.29, 0.717) is 17.0 Å². The van der Waals surface area contributed by atoms with E-state index in [4.69, 9.17) is 9.47 Å². The Morgan fingerprint density at radius 1 is 0.975 bits per heavy atom. The minimum absolute atomic E-state index is 0. The Bertz CT molecular complexity index is 1590. The molecule has 2 aromatic heterocycles. The van der Waals surface area contributed by atoms with Gasteiger partial charge in [0.2, 0.25) is 0 Å². The molecule has 0 aliphatic carbocycles. The number of carbonyl (C=O) groups excluding carboxylic acids is 2. The van der Waals surface area contributed by atoms with Gasteiger partial charge < -0.3 is 19.4 Å². The molecule has 2 heterocycles. The number of benzene rings is 3. The second kappa shape index (κ2) is 14.5. The zero-order valence-electron chi connectivity index (χ0n) is 21.7. The summed E-state index contributed by atoms with van der Waals surface area (Å²) in [6.45, 7) is 8.78. The number of hydrogen-bond donors (Lipinski definition) is 0. The number of pyridine rings is 1. The second-order valence-electron chi connectivity index (χ2n) is 8.39. The Labute approximate surface area is 246 Å². The molecule has 203 valence electrons. The van der Waals surface area contributed by atoms with Crippen molar-refractivity contribution in [2.75, 3.05) is 0 Å². The van der Waals surface area contributed by atoms with Crippen molar-refractivity contribution in [3.05, 3.63) is 140 Å². The molecule has 0 amide bonds. The molecule has 0 fully saturated rings. The van der Waals surface area contributed by atoms with Gasteiger partial charge in [-0.2, -0.15) is 6.20 Å². The Morgan fingerprint density at radius 2 is 1.75 bits per heavy atom. The molecular weight excluding hydrogens is 681 g/mol. The summed E-state index contributed by atoms with van der Waals surface area (Å²) >= 11 is 0. The van der Waals surface area contributed by atoms with E-state index in [2.05, 4.69) is 41.3 Å². The molecule has 0 spiro atoms. The van der Waals surface area contributed by atoms with E-state index < -0.39 is 5.97 Å². The van der Waals surface area contributed by atoms with E-state index in [1.807, 2.05) is 48.7 Å². The minimum atomic E-state index is -0.622. The predicted molar refractivity (Wildman–Crippen MR) is 152 cm³/mol. The molecule has 3 aromatic carbocycles. The van der Waals surface area contributed by atoms with Gasteiger partial charge in [0.1, 0.15) is 17.6 Å². The fourth-order valence-corrected chi connectivity index (χ4v) is 3.71. The van der Waals surface area contributed by atoms with Crippen LogP contribution in [0.4, 0.5) is 0 Å². The molecule has 40 heavy (non-hydrogen) atoms. The number of rotatable bonds is 8. The Hall–Kier alpha value is -4.58. The summed E-state index contributed by atoms with van der Waals surface area (Å²) < 4.78 is 10.7. The maximum atomic E-state index is 12.4. The van der Waals surface area contributed by atoms with Gasteiger partial charge in [-0.25, -0.2) is 4.79 Å². The van der Waals surface area contributed by atoms with E-state index in [9.17, 15) is 9.59 Å². The molecule has 0 N–H and O–H groups in total. The van der Waals surface area contributed by atoms with Crippen LogP contribution in [0.3, 0.4) is 0 Å². The quantitative estimate of drug-likeness (QED) is 0.0451. The van der Waals surface area contributed by atoms with Crippen LogP contribution in [0.5, 0.6) is 11.5 Å². The van der Waals surface area contributed by atoms with Crippen LogP contribution < -0.4 is 14.5 Å². The summed E-state index contributed by atoms with van der Waals surface area (Å²) in [7, 11) is 0. The average molecular weight is 707 g/mol. The first-order valence-corrected chi connectivity index (χ1v) is 12.2. The van der Waals surface area contributed by atoms with E-state index in [1.54, 1.807) is 31.2 Å². The van der Waals surface area contributed by atoms with Crippen molar-refractivity contribution in [2.45, 2.75) is 13.0 Å². The molecule has 0 saturated carbocycles. The Kier molecular flexibility index (Phi) is 10.9. The molecule has 1 unspecified atom stereocenters. The van der Waals surface area contributed by atoms with Gasteiger partial charge in [0, 0.05) is 44.0 Å². The summed E-state index contributed by atoms with van der Waals surface area (Å²) in [6, 6.07) is 29.3. The number of nitrogens with zero attached hydrogens (tertiary/aromatic N) is 2. The summed E-state index contributed by atoms with van der Waals surface area (Å²) in [5.41, 5.74) is 2.65. The minimum Gasteiger partial charge on any atom is -0.661 e. The van der Waals surface area contributed by atoms with Crippen molar-refractivity contribution in [2.24, 2.45) is 0 Å². The Balaban J connectivity index is 0.000000227. The summed E-state index contributed by atoms with van der Waals surface area (Å²) in [5, 5.41) is 2.39. The van der Waals surface area contributed by atoms with Crippen LogP contribution in [-0.2, 0) is 24.9 Å². The van der Waals surface area contributed by atoms with Crippen molar-refractivity contribution >= 4 is 22.5 Å². The molecule has 0 bridgehead atoms. The van der Waals surface area contributed by atoms with Gasteiger partial charge in [-0.3, -0.25) is 4.79 Å². The first kappa shape index (κ1) is 30.0. The molecule has 0 saturated heterocycles. The fourth-order valence-electron chi connectivity index (χ4n) is 3.71. The van der Waals surface area contributed by atoms with Gasteiger partial charge in [-0.15, -0.1) is 35.9 Å². The number of esters is 1. The normalized spacial score (nSPS) is 10.7. The maximum absolute atomic E-state index is 12.4. The van der Waals surface area contributed by atoms with Gasteiger partial charge >= 0.3 is 5.97 Å². The molecule has 6 nitrogen and oxygen atoms in total. The zero-order valence-corrected chi connectivity index (χ0v) is 24.1. The monoisotopic (exact) mass is 707 g/mol. The first-order chi connectivity index (χ1) is 19.0. The van der Waals surface area contributed by atoms with Crippen molar-refractivity contribution in [3.8, 4) is 22.8 Å². The average Bonchev–Trinajstić information content (AvgIpc) is 3.52. The summed E-state index contributed by atoms with van der Waals surface area (Å²) in [6.07, 6.45) is 5.77. The zero-order chi connectivity index (χ0) is 27.6. The van der Waals surface area contributed by atoms with Crippen molar-refractivity contribution in [1.82, 2.24) is 9.97 Å². The van der Waals surface area contributed by atoms with Crippen molar-refractivity contribution < 1.29 is 39.2 Å². The third-order valence-corrected chi connectivity index (χ3v) is 5.61. The number of hydrogen-bond acceptors (Lipinski definition) is 5. The molecule has 1 atom stereocenters. The largest absolute Gasteiger partial charge is 0.661 e. The van der Waals surface area contributed by atoms with Crippen LogP contribution >= 0.6 is 0 Å². The molecule has 1 radical (unpaired) electrons. The van der Waals surface area contributed by atoms with E-state index in [1.165, 1.54) is 29.1 Å². The third-order valence-electron chi connectivity index (χ3n) is 5.61. The first-order valence-electron chi connectivity index (χ1n) is 12.2. The van der Waals surface area contributed by atoms with Crippen molar-refractivity contribution in [1.29, 1.82) is 0 Å². The molecule has 5 rings (SSSR count). The number of aromatic nitrogens is 2. The fraction of sp³-hybridized carbons (Fsp3) is 0.0606. The summed E-state index contributed by atoms with van der Waals surface area (Å²) in [4.78, 5) is 32.2. The van der Waals surface area contributed by atoms with Gasteiger partial charge in [0.15, 0.2) is 5.78 Å². The SMILES string of the molecule is C=CC(=O)Oc1cc(OC(C)C=C)cc(C(=O)c2ccc[n-]2)c1.[Ir].[c-]1ccccc1-c1nccc2ccccc12. The van der Waals surface area contributed by atoms with Crippen LogP contribution in [-0.4, -0.2) is 22.8 Å². The smallest absolute Gasteiger partial charge is 0.335 e. The molecule has 7 heteroatoms. The summed E-state index contributed by atoms with van der Waals surface area (Å²) in [5.74, 6) is -0.327. The van der Waals surface area contributed by atoms with E-state index >= 15 is 0 Å². The van der Waals surface area contributed by atoms with Gasteiger partial charge in [-0.1, -0.05) is 61.3 Å². The third kappa shape index (κ3) is 7.73. The molecule has 5 aromatic rings. The number of ketones is 1. The van der Waals surface area contributed by atoms with Gasteiger partial charge in [0.05, 0.1) is 0 Å². The van der Waals surface area contributed by atoms with Crippen LogP contribution in [0.25, 0.3) is 22.0 Å². The predicted octanol–water partition coefficient (Wildman–Crippen LogP) is 6.62. The van der Waals surface area contributed by atoms with Crippen LogP contribution in [0.1, 0.15) is 23.0 Å². The van der Waals surface area contributed by atoms with Gasteiger partial charge in [0.25, 0.3) is 0 Å². The maximum Gasteiger partial charge on any atom is 0.335 e. The van der Waals surface area contributed by atoms with Gasteiger partial charge in [-0.05, 0) is 41.6 Å². The van der Waals surface area contributed by atoms with E-state index in [0.717, 1.165) is 17.3 Å². The molecule has 0 aliphatic heterocycles. The van der Waals surface area contributed by atoms with E-state index in [-0.39, 0.29) is 37.7 Å². The standard InChI is InChI=1S/C18H17NO4.C15H10N.Ir/c1-4-12(3)22-14-9-13(18(21)16-7-6-8-19-16)10-15(11-14)23-17(20)5-2;1-2-7-13(8-3-1)15-14-9-5-4-6-12(14)10-11-16-15;/h4-12H,1-2H2,3H3,(H,19,21);1-7,9-11H;/q;-1;/p-1. The second-order valence-corrected chi connectivity index (χ2v) is 8.39. The van der Waals surface area contributed by atoms with Crippen LogP contribution in [0.2, 0.25) is 0 Å². The number of ether oxygens (including phenoxy) is 2.